The Morgan fingerprint density at radius 2 is 1.67 bits per heavy atom. The molecule has 1 N–H and O–H groups in total. The number of urea groups is 1. The fourth-order valence-corrected chi connectivity index (χ4v) is 3.42. The average molecular weight is 511 g/mol. The second kappa shape index (κ2) is 10.5. The van der Waals surface area contributed by atoms with E-state index in [2.05, 4.69) is 10.3 Å². The first-order valence-electron chi connectivity index (χ1n) is 8.98. The van der Waals surface area contributed by atoms with Gasteiger partial charge in [0.2, 0.25) is 5.90 Å². The van der Waals surface area contributed by atoms with Crippen LogP contribution in [0.15, 0.2) is 53.5 Å². The molecule has 3 rings (SSSR count). The lowest BCUT2D eigenvalue weighted by Gasteiger charge is -2.12. The molecule has 0 aliphatic rings. The van der Waals surface area contributed by atoms with Gasteiger partial charge in [-0.05, 0) is 36.4 Å². The second-order valence-electron chi connectivity index (χ2n) is 6.27. The first-order chi connectivity index (χ1) is 15.7. The van der Waals surface area contributed by atoms with Gasteiger partial charge in [-0.15, -0.1) is 0 Å². The molecule has 0 saturated heterocycles. The Kier molecular flexibility index (Phi) is 7.71. The molecule has 0 aromatic heterocycles. The number of benzene rings is 3. The van der Waals surface area contributed by atoms with Crippen LogP contribution < -0.4 is 10.1 Å². The number of methoxy groups -OCH3 is 1. The summed E-state index contributed by atoms with van der Waals surface area (Å²) in [5.74, 6) is -2.09. The summed E-state index contributed by atoms with van der Waals surface area (Å²) in [5.41, 5.74) is -0.185. The van der Waals surface area contributed by atoms with E-state index in [0.29, 0.717) is 0 Å². The maximum Gasteiger partial charge on any atom is 0.348 e. The SMILES string of the molecule is COC(=NC(=O)Nc1cc(Cl)c(Oc2ccc(C#N)c(Cl)c2)c(Cl)c1)c1c(F)cccc1F. The number of ether oxygens (including phenoxy) is 2. The predicted molar refractivity (Wildman–Crippen MR) is 122 cm³/mol. The molecule has 0 spiro atoms. The molecule has 0 bridgehead atoms. The van der Waals surface area contributed by atoms with Gasteiger partial charge in [0.25, 0.3) is 0 Å². The van der Waals surface area contributed by atoms with Crippen molar-refractivity contribution < 1.29 is 23.0 Å². The Balaban J connectivity index is 1.82. The zero-order valence-corrected chi connectivity index (χ0v) is 18.9. The van der Waals surface area contributed by atoms with E-state index in [9.17, 15) is 13.6 Å². The van der Waals surface area contributed by atoms with Crippen molar-refractivity contribution >= 4 is 52.4 Å². The molecule has 3 aromatic rings. The number of nitrogens with one attached hydrogen (secondary N) is 1. The van der Waals surface area contributed by atoms with Crippen molar-refractivity contribution in [3.05, 3.63) is 86.4 Å². The molecule has 0 fully saturated rings. The minimum Gasteiger partial charge on any atom is -0.480 e. The Hall–Kier alpha value is -3.38. The largest absolute Gasteiger partial charge is 0.480 e. The van der Waals surface area contributed by atoms with Crippen LogP contribution >= 0.6 is 34.8 Å². The summed E-state index contributed by atoms with van der Waals surface area (Å²) >= 11 is 18.5. The predicted octanol–water partition coefficient (Wildman–Crippen LogP) is 7.21. The van der Waals surface area contributed by atoms with Gasteiger partial charge in [0.15, 0.2) is 5.75 Å². The van der Waals surface area contributed by atoms with Crippen LogP contribution in [0.1, 0.15) is 11.1 Å². The third kappa shape index (κ3) is 5.71. The smallest absolute Gasteiger partial charge is 0.348 e. The second-order valence-corrected chi connectivity index (χ2v) is 7.49. The van der Waals surface area contributed by atoms with Crippen LogP contribution in [0.4, 0.5) is 19.3 Å². The van der Waals surface area contributed by atoms with Crippen LogP contribution in [0.3, 0.4) is 0 Å². The van der Waals surface area contributed by atoms with E-state index in [1.165, 1.54) is 36.4 Å². The fraction of sp³-hybridized carbons (Fsp3) is 0.0455. The fourth-order valence-electron chi connectivity index (χ4n) is 2.65. The number of anilines is 1. The molecule has 0 atom stereocenters. The summed E-state index contributed by atoms with van der Waals surface area (Å²) in [6, 6.07) is 11.2. The summed E-state index contributed by atoms with van der Waals surface area (Å²) in [6.45, 7) is 0. The molecule has 33 heavy (non-hydrogen) atoms. The highest BCUT2D eigenvalue weighted by atomic mass is 35.5. The summed E-state index contributed by atoms with van der Waals surface area (Å²) in [4.78, 5) is 15.9. The Morgan fingerprint density at radius 3 is 2.21 bits per heavy atom. The van der Waals surface area contributed by atoms with Gasteiger partial charge < -0.3 is 14.8 Å². The Bertz CT molecular complexity index is 1270. The molecule has 3 aromatic carbocycles. The molecule has 2 amide bonds. The van der Waals surface area contributed by atoms with Crippen LogP contribution in [0.25, 0.3) is 0 Å². The number of nitriles is 1. The topological polar surface area (TPSA) is 83.7 Å². The van der Waals surface area contributed by atoms with Gasteiger partial charge in [0.1, 0.15) is 29.0 Å². The van der Waals surface area contributed by atoms with Crippen LogP contribution in [0.2, 0.25) is 15.1 Å². The Labute approximate surface area is 201 Å². The monoisotopic (exact) mass is 509 g/mol. The first-order valence-corrected chi connectivity index (χ1v) is 10.1. The average Bonchev–Trinajstić information content (AvgIpc) is 2.75. The molecule has 0 aliphatic heterocycles. The minimum atomic E-state index is -0.992. The number of carbonyl (C=O) groups excluding carboxylic acids is 1. The van der Waals surface area contributed by atoms with E-state index in [0.717, 1.165) is 19.2 Å². The molecule has 6 nitrogen and oxygen atoms in total. The number of hydrogen-bond donors (Lipinski definition) is 1. The van der Waals surface area contributed by atoms with Gasteiger partial charge in [0.05, 0.1) is 27.7 Å². The number of aliphatic imine (C=N–C) groups is 1. The van der Waals surface area contributed by atoms with E-state index < -0.39 is 29.1 Å². The van der Waals surface area contributed by atoms with Crippen molar-refractivity contribution in [1.82, 2.24) is 0 Å². The number of rotatable bonds is 4. The Morgan fingerprint density at radius 1 is 1.03 bits per heavy atom. The van der Waals surface area contributed by atoms with Crippen LogP contribution in [0.5, 0.6) is 11.5 Å². The van der Waals surface area contributed by atoms with Gasteiger partial charge in [0, 0.05) is 11.8 Å². The summed E-state index contributed by atoms with van der Waals surface area (Å²) in [7, 11) is 1.12. The van der Waals surface area contributed by atoms with Crippen LogP contribution in [-0.2, 0) is 4.74 Å². The van der Waals surface area contributed by atoms with Gasteiger partial charge in [-0.1, -0.05) is 40.9 Å². The highest BCUT2D eigenvalue weighted by molar-refractivity contribution is 6.37. The molecule has 0 heterocycles. The summed E-state index contributed by atoms with van der Waals surface area (Å²) in [6.07, 6.45) is 0. The zero-order valence-electron chi connectivity index (χ0n) is 16.6. The third-order valence-electron chi connectivity index (χ3n) is 4.10. The minimum absolute atomic E-state index is 0.0365. The highest BCUT2D eigenvalue weighted by Crippen LogP contribution is 2.39. The van der Waals surface area contributed by atoms with Crippen molar-refractivity contribution in [2.75, 3.05) is 12.4 Å². The lowest BCUT2D eigenvalue weighted by molar-refractivity contribution is 0.258. The number of halogens is 5. The summed E-state index contributed by atoms with van der Waals surface area (Å²) < 4.78 is 38.4. The van der Waals surface area contributed by atoms with Crippen molar-refractivity contribution in [3.8, 4) is 17.6 Å². The molecule has 0 aliphatic carbocycles. The van der Waals surface area contributed by atoms with E-state index in [1.54, 1.807) is 0 Å². The van der Waals surface area contributed by atoms with Crippen molar-refractivity contribution in [1.29, 1.82) is 5.26 Å². The standard InChI is InChI=1S/C22H12Cl3F2N3O3/c1-32-21(19-17(26)3-2-4-18(19)27)30-22(31)29-12-7-15(24)20(16(25)8-12)33-13-6-5-11(10-28)14(23)9-13/h2-9H,1H3,(H,29,31). The quantitative estimate of drug-likeness (QED) is 0.297. The first kappa shape index (κ1) is 24.3. The third-order valence-corrected chi connectivity index (χ3v) is 4.98. The van der Waals surface area contributed by atoms with Gasteiger partial charge in [-0.25, -0.2) is 13.6 Å². The van der Waals surface area contributed by atoms with Crippen LogP contribution in [-0.4, -0.2) is 19.0 Å². The highest BCUT2D eigenvalue weighted by Gasteiger charge is 2.18. The lowest BCUT2D eigenvalue weighted by atomic mass is 10.2. The molecular weight excluding hydrogens is 499 g/mol. The van der Waals surface area contributed by atoms with Gasteiger partial charge in [-0.3, -0.25) is 0 Å². The number of hydrogen-bond acceptors (Lipinski definition) is 4. The molecule has 0 saturated carbocycles. The normalized spacial score (nSPS) is 11.0. The summed E-state index contributed by atoms with van der Waals surface area (Å²) in [5, 5.41) is 11.6. The van der Waals surface area contributed by atoms with Crippen LogP contribution in [0, 0.1) is 23.0 Å². The maximum atomic E-state index is 14.0. The number of amides is 2. The lowest BCUT2D eigenvalue weighted by Crippen LogP contribution is -2.15. The van der Waals surface area contributed by atoms with E-state index in [-0.39, 0.29) is 37.8 Å². The molecule has 168 valence electrons. The van der Waals surface area contributed by atoms with E-state index in [1.807, 2.05) is 6.07 Å². The zero-order chi connectivity index (χ0) is 24.1. The van der Waals surface area contributed by atoms with Gasteiger partial charge >= 0.3 is 6.03 Å². The molecule has 0 radical (unpaired) electrons. The number of carbonyl (C=O) groups is 1. The van der Waals surface area contributed by atoms with Gasteiger partial charge in [-0.2, -0.15) is 10.3 Å². The van der Waals surface area contributed by atoms with Crippen molar-refractivity contribution in [3.63, 3.8) is 0 Å². The van der Waals surface area contributed by atoms with E-state index in [4.69, 9.17) is 49.5 Å². The maximum absolute atomic E-state index is 14.0. The van der Waals surface area contributed by atoms with Crippen molar-refractivity contribution in [2.45, 2.75) is 0 Å². The van der Waals surface area contributed by atoms with Crippen molar-refractivity contribution in [2.24, 2.45) is 4.99 Å². The van der Waals surface area contributed by atoms with E-state index >= 15 is 0 Å². The molecular formula is C22H12Cl3F2N3O3. The molecule has 0 unspecified atom stereocenters. The molecule has 11 heteroatoms. The number of nitrogens with zero attached hydrogens (tertiary/aromatic N) is 2.